The topological polar surface area (TPSA) is 53.9 Å². The molecule has 0 amide bonds. The number of hydrogen-bond acceptors (Lipinski definition) is 5. The summed E-state index contributed by atoms with van der Waals surface area (Å²) in [4.78, 5) is 15.4. The molecule has 5 nitrogen and oxygen atoms in total. The molecule has 0 aliphatic heterocycles. The molecule has 0 aliphatic carbocycles. The van der Waals surface area contributed by atoms with Gasteiger partial charge in [-0.2, -0.15) is 13.2 Å². The van der Waals surface area contributed by atoms with Crippen molar-refractivity contribution < 1.29 is 13.2 Å². The van der Waals surface area contributed by atoms with Crippen molar-refractivity contribution in [1.29, 1.82) is 0 Å². The Morgan fingerprint density at radius 1 is 1.08 bits per heavy atom. The van der Waals surface area contributed by atoms with Crippen LogP contribution < -0.4 is 5.32 Å². The Kier molecular flexibility index (Phi) is 7.86. The van der Waals surface area contributed by atoms with Gasteiger partial charge >= 0.3 is 6.18 Å². The lowest BCUT2D eigenvalue weighted by Gasteiger charge is -2.16. The number of nitrogens with zero attached hydrogens (tertiary/aromatic N) is 4. The average molecular weight is 512 g/mol. The van der Waals surface area contributed by atoms with Crippen LogP contribution in [0.4, 0.5) is 19.0 Å². The largest absolute Gasteiger partial charge is 0.418 e. The molecular formula is C27H25ClF3N5. The number of benzene rings is 2. The van der Waals surface area contributed by atoms with Crippen molar-refractivity contribution in [2.24, 2.45) is 0 Å². The Hall–Kier alpha value is -3.49. The Labute approximate surface area is 212 Å². The summed E-state index contributed by atoms with van der Waals surface area (Å²) in [7, 11) is 1.92. The summed E-state index contributed by atoms with van der Waals surface area (Å²) in [6.07, 6.45) is -0.709. The van der Waals surface area contributed by atoms with E-state index in [1.54, 1.807) is 24.3 Å². The van der Waals surface area contributed by atoms with Gasteiger partial charge in [-0.1, -0.05) is 41.9 Å². The van der Waals surface area contributed by atoms with E-state index >= 15 is 0 Å². The summed E-state index contributed by atoms with van der Waals surface area (Å²) >= 11 is 6.28. The van der Waals surface area contributed by atoms with E-state index in [4.69, 9.17) is 16.6 Å². The molecule has 36 heavy (non-hydrogen) atoms. The molecule has 0 saturated heterocycles. The maximum Gasteiger partial charge on any atom is 0.418 e. The second-order valence-corrected chi connectivity index (χ2v) is 8.78. The van der Waals surface area contributed by atoms with Gasteiger partial charge in [-0.3, -0.25) is 9.88 Å². The standard InChI is InChI=1S/C27H25ClF3N5/c1-3-15-36(2)17-24-34-23-16-19(25-21(27(29,30)31)8-6-13-32-25)10-11-20(23)26(35-24)33-14-12-18-7-4-5-9-22(18)28/h3-11,13,16H,1,12,14-15,17H2,2H3,(H,33,34,35). The summed E-state index contributed by atoms with van der Waals surface area (Å²) in [5.41, 5.74) is 0.949. The van der Waals surface area contributed by atoms with Crippen LogP contribution in [-0.4, -0.2) is 40.0 Å². The number of alkyl halides is 3. The molecule has 0 radical (unpaired) electrons. The lowest BCUT2D eigenvalue weighted by Crippen LogP contribution is -2.20. The molecule has 0 bridgehead atoms. The number of rotatable bonds is 9. The van der Waals surface area contributed by atoms with Crippen molar-refractivity contribution in [3.05, 3.63) is 95.4 Å². The predicted octanol–water partition coefficient (Wildman–Crippen LogP) is 6.64. The first-order valence-corrected chi connectivity index (χ1v) is 11.7. The van der Waals surface area contributed by atoms with Crippen molar-refractivity contribution in [3.63, 3.8) is 0 Å². The van der Waals surface area contributed by atoms with Gasteiger partial charge in [0.25, 0.3) is 0 Å². The molecule has 0 unspecified atom stereocenters. The van der Waals surface area contributed by atoms with E-state index in [0.717, 1.165) is 11.6 Å². The summed E-state index contributed by atoms with van der Waals surface area (Å²) < 4.78 is 40.8. The van der Waals surface area contributed by atoms with Crippen molar-refractivity contribution >= 4 is 28.3 Å². The van der Waals surface area contributed by atoms with Gasteiger partial charge in [0.15, 0.2) is 0 Å². The summed E-state index contributed by atoms with van der Waals surface area (Å²) in [5, 5.41) is 4.76. The van der Waals surface area contributed by atoms with E-state index < -0.39 is 11.7 Å². The van der Waals surface area contributed by atoms with Crippen LogP contribution >= 0.6 is 11.6 Å². The second-order valence-electron chi connectivity index (χ2n) is 8.37. The molecular weight excluding hydrogens is 487 g/mol. The number of aromatic nitrogens is 3. The fourth-order valence-electron chi connectivity index (χ4n) is 3.94. The smallest absolute Gasteiger partial charge is 0.369 e. The minimum atomic E-state index is -4.52. The monoisotopic (exact) mass is 511 g/mol. The first kappa shape index (κ1) is 25.6. The number of fused-ring (bicyclic) bond motifs is 1. The van der Waals surface area contributed by atoms with Crippen molar-refractivity contribution in [3.8, 4) is 11.3 Å². The average Bonchev–Trinajstić information content (AvgIpc) is 2.84. The van der Waals surface area contributed by atoms with E-state index in [1.807, 2.05) is 36.2 Å². The highest BCUT2D eigenvalue weighted by Crippen LogP contribution is 2.36. The zero-order valence-corrected chi connectivity index (χ0v) is 20.4. The molecule has 1 N–H and O–H groups in total. The third-order valence-corrected chi connectivity index (χ3v) is 6.00. The number of halogens is 4. The Morgan fingerprint density at radius 3 is 2.64 bits per heavy atom. The van der Waals surface area contributed by atoms with E-state index in [9.17, 15) is 13.2 Å². The second kappa shape index (κ2) is 11.1. The van der Waals surface area contributed by atoms with Crippen LogP contribution in [0.2, 0.25) is 5.02 Å². The van der Waals surface area contributed by atoms with Gasteiger partial charge in [0.05, 0.1) is 23.3 Å². The molecule has 0 fully saturated rings. The number of pyridine rings is 1. The van der Waals surface area contributed by atoms with Gasteiger partial charge in [-0.05, 0) is 49.4 Å². The van der Waals surface area contributed by atoms with Crippen LogP contribution in [0.5, 0.6) is 0 Å². The fraction of sp³-hybridized carbons (Fsp3) is 0.222. The number of hydrogen-bond donors (Lipinski definition) is 1. The van der Waals surface area contributed by atoms with Gasteiger partial charge in [0.1, 0.15) is 11.6 Å². The fourth-order valence-corrected chi connectivity index (χ4v) is 4.17. The Bertz CT molecular complexity index is 1370. The third kappa shape index (κ3) is 6.01. The number of anilines is 1. The number of likely N-dealkylation sites (N-methyl/N-ethyl adjacent to an activating group) is 1. The van der Waals surface area contributed by atoms with Crippen LogP contribution in [0, 0.1) is 0 Å². The molecule has 2 heterocycles. The molecule has 0 spiro atoms. The zero-order chi connectivity index (χ0) is 25.7. The highest BCUT2D eigenvalue weighted by molar-refractivity contribution is 6.31. The van der Waals surface area contributed by atoms with Crippen molar-refractivity contribution in [1.82, 2.24) is 19.9 Å². The van der Waals surface area contributed by atoms with Gasteiger partial charge in [-0.25, -0.2) is 9.97 Å². The van der Waals surface area contributed by atoms with Crippen LogP contribution in [0.3, 0.4) is 0 Å². The lowest BCUT2D eigenvalue weighted by atomic mass is 10.0. The minimum absolute atomic E-state index is 0.135. The van der Waals surface area contributed by atoms with E-state index in [-0.39, 0.29) is 5.69 Å². The first-order valence-electron chi connectivity index (χ1n) is 11.4. The van der Waals surface area contributed by atoms with Gasteiger partial charge in [-0.15, -0.1) is 6.58 Å². The molecule has 4 rings (SSSR count). The molecule has 2 aromatic carbocycles. The van der Waals surface area contributed by atoms with Crippen molar-refractivity contribution in [2.75, 3.05) is 25.5 Å². The van der Waals surface area contributed by atoms with Gasteiger partial charge in [0, 0.05) is 35.3 Å². The van der Waals surface area contributed by atoms with E-state index in [1.165, 1.54) is 12.3 Å². The summed E-state index contributed by atoms with van der Waals surface area (Å²) in [6.45, 7) is 5.41. The normalized spacial score (nSPS) is 11.7. The first-order chi connectivity index (χ1) is 17.3. The lowest BCUT2D eigenvalue weighted by molar-refractivity contribution is -0.137. The quantitative estimate of drug-likeness (QED) is 0.255. The maximum atomic E-state index is 13.6. The van der Waals surface area contributed by atoms with Crippen molar-refractivity contribution in [2.45, 2.75) is 19.1 Å². The van der Waals surface area contributed by atoms with Crippen LogP contribution in [0.15, 0.2) is 73.4 Å². The summed E-state index contributed by atoms with van der Waals surface area (Å²) in [6, 6.07) is 14.9. The molecule has 0 atom stereocenters. The Balaban J connectivity index is 1.72. The molecule has 4 aromatic rings. The minimum Gasteiger partial charge on any atom is -0.369 e. The summed E-state index contributed by atoms with van der Waals surface area (Å²) in [5.74, 6) is 1.15. The highest BCUT2D eigenvalue weighted by atomic mass is 35.5. The highest BCUT2D eigenvalue weighted by Gasteiger charge is 2.34. The molecule has 0 aliphatic rings. The third-order valence-electron chi connectivity index (χ3n) is 5.63. The Morgan fingerprint density at radius 2 is 1.89 bits per heavy atom. The van der Waals surface area contributed by atoms with Crippen LogP contribution in [-0.2, 0) is 19.1 Å². The molecule has 186 valence electrons. The van der Waals surface area contributed by atoms with Gasteiger partial charge in [0.2, 0.25) is 0 Å². The molecule has 0 saturated carbocycles. The molecule has 9 heteroatoms. The number of nitrogens with one attached hydrogen (secondary N) is 1. The van der Waals surface area contributed by atoms with Gasteiger partial charge < -0.3 is 5.32 Å². The van der Waals surface area contributed by atoms with E-state index in [2.05, 4.69) is 21.9 Å². The van der Waals surface area contributed by atoms with E-state index in [0.29, 0.717) is 59.2 Å². The zero-order valence-electron chi connectivity index (χ0n) is 19.7. The predicted molar refractivity (Wildman–Crippen MR) is 138 cm³/mol. The van der Waals surface area contributed by atoms with Crippen LogP contribution in [0.25, 0.3) is 22.2 Å². The molecule has 2 aromatic heterocycles. The SMILES string of the molecule is C=CCN(C)Cc1nc(NCCc2ccccc2Cl)c2ccc(-c3ncccc3C(F)(F)F)cc2n1. The maximum absolute atomic E-state index is 13.6. The van der Waals surface area contributed by atoms with Crippen LogP contribution in [0.1, 0.15) is 17.0 Å².